The predicted molar refractivity (Wildman–Crippen MR) is 125 cm³/mol. The summed E-state index contributed by atoms with van der Waals surface area (Å²) in [5, 5.41) is 15.9. The third-order valence-electron chi connectivity index (χ3n) is 5.42. The summed E-state index contributed by atoms with van der Waals surface area (Å²) in [5.41, 5.74) is 8.30. The molecule has 9 heteroatoms. The highest BCUT2D eigenvalue weighted by atomic mass is 35.5. The molecule has 0 spiro atoms. The normalized spacial score (nSPS) is 16.3. The van der Waals surface area contributed by atoms with Gasteiger partial charge < -0.3 is 20.0 Å². The minimum atomic E-state index is 0. The lowest BCUT2D eigenvalue weighted by Crippen LogP contribution is -2.34. The second kappa shape index (κ2) is 12.3. The first-order valence-electron chi connectivity index (χ1n) is 10.8. The molecule has 1 aliphatic rings. The van der Waals surface area contributed by atoms with E-state index in [1.54, 1.807) is 0 Å². The summed E-state index contributed by atoms with van der Waals surface area (Å²) in [5.74, 6) is 1.37. The molecule has 2 aromatic rings. The van der Waals surface area contributed by atoms with Crippen LogP contribution in [0.15, 0.2) is 33.9 Å². The fraction of sp³-hybridized carbons (Fsp3) is 0.545. The minimum absolute atomic E-state index is 0. The first-order chi connectivity index (χ1) is 14.6. The number of oxime groups is 1. The number of likely N-dealkylation sites (tertiary alicyclic amines) is 1. The number of nitrogens with two attached hydrogens (primary N) is 1. The monoisotopic (exact) mass is 448 g/mol. The zero-order chi connectivity index (χ0) is 21.3. The lowest BCUT2D eigenvalue weighted by Gasteiger charge is -2.14. The van der Waals surface area contributed by atoms with E-state index in [4.69, 9.17) is 20.5 Å². The Morgan fingerprint density at radius 3 is 2.68 bits per heavy atom. The first-order valence-corrected chi connectivity index (χ1v) is 10.8. The zero-order valence-corrected chi connectivity index (χ0v) is 19.2. The largest absolute Gasteiger partial charge is 0.396 e. The number of halogens is 1. The van der Waals surface area contributed by atoms with Crippen LogP contribution in [-0.4, -0.2) is 46.4 Å². The minimum Gasteiger partial charge on any atom is -0.396 e. The quantitative estimate of drug-likeness (QED) is 0.238. The summed E-state index contributed by atoms with van der Waals surface area (Å²) >= 11 is 0. The number of nitrogens with zero attached hydrogens (tertiary/aromatic N) is 4. The molecule has 3 N–H and O–H groups in total. The van der Waals surface area contributed by atoms with Gasteiger partial charge in [-0.3, -0.25) is 5.41 Å². The van der Waals surface area contributed by atoms with E-state index >= 15 is 0 Å². The van der Waals surface area contributed by atoms with E-state index in [0.717, 1.165) is 36.2 Å². The maximum Gasteiger partial charge on any atom is 0.231 e. The van der Waals surface area contributed by atoms with Crippen molar-refractivity contribution in [2.24, 2.45) is 10.9 Å². The van der Waals surface area contributed by atoms with Crippen molar-refractivity contribution in [3.8, 4) is 11.4 Å². The Hall–Kier alpha value is -2.61. The molecule has 1 aromatic carbocycles. The molecule has 0 aliphatic carbocycles. The average Bonchev–Trinajstić information content (AvgIpc) is 3.43. The summed E-state index contributed by atoms with van der Waals surface area (Å²) in [4.78, 5) is 11.8. The smallest absolute Gasteiger partial charge is 0.231 e. The number of unbranched alkanes of at least 4 members (excludes halogenated alkanes) is 4. The molecule has 0 bridgehead atoms. The molecular formula is C22H33ClN6O2. The number of benzene rings is 1. The fourth-order valence-corrected chi connectivity index (χ4v) is 3.52. The van der Waals surface area contributed by atoms with Crippen LogP contribution in [0.5, 0.6) is 0 Å². The Bertz CT molecular complexity index is 852. The van der Waals surface area contributed by atoms with Crippen molar-refractivity contribution in [3.63, 3.8) is 0 Å². The molecule has 170 valence electrons. The fourth-order valence-electron chi connectivity index (χ4n) is 3.52. The molecule has 0 unspecified atom stereocenters. The average molecular weight is 449 g/mol. The summed E-state index contributed by atoms with van der Waals surface area (Å²) in [6.45, 7) is 6.20. The van der Waals surface area contributed by atoms with Crippen molar-refractivity contribution < 1.29 is 9.36 Å². The van der Waals surface area contributed by atoms with Crippen LogP contribution in [0.1, 0.15) is 69.7 Å². The van der Waals surface area contributed by atoms with E-state index in [1.165, 1.54) is 25.7 Å². The molecule has 0 amide bonds. The Labute approximate surface area is 190 Å². The summed E-state index contributed by atoms with van der Waals surface area (Å²) in [6, 6.07) is 7.90. The lowest BCUT2D eigenvalue weighted by molar-refractivity contribution is 0.139. The number of guanidine groups is 1. The van der Waals surface area contributed by atoms with Gasteiger partial charge >= 0.3 is 0 Å². The number of hydrogen-bond acceptors (Lipinski definition) is 6. The molecule has 0 saturated carbocycles. The van der Waals surface area contributed by atoms with Crippen molar-refractivity contribution in [1.29, 1.82) is 5.41 Å². The number of aromatic nitrogens is 2. The van der Waals surface area contributed by atoms with E-state index in [0.29, 0.717) is 24.9 Å². The standard InChI is InChI=1S/C22H32N6O2.ClH/c1-3-4-5-6-7-14-29-26-16(2)17-8-10-18(11-9-17)20-25-21(30-27-20)19-12-13-28(15-19)22(23)24;/h8-11,19H,3-7,12-15H2,1-2H3,(H3,23,24);1H/t19-;/m1./s1. The van der Waals surface area contributed by atoms with Gasteiger partial charge in [0.2, 0.25) is 11.7 Å². The van der Waals surface area contributed by atoms with Crippen LogP contribution in [0, 0.1) is 5.41 Å². The Morgan fingerprint density at radius 2 is 2.00 bits per heavy atom. The maximum absolute atomic E-state index is 7.54. The van der Waals surface area contributed by atoms with Crippen molar-refractivity contribution in [3.05, 3.63) is 35.7 Å². The molecule has 31 heavy (non-hydrogen) atoms. The zero-order valence-electron chi connectivity index (χ0n) is 18.3. The van der Waals surface area contributed by atoms with Gasteiger partial charge in [-0.05, 0) is 31.7 Å². The molecule has 8 nitrogen and oxygen atoms in total. The Kier molecular flexibility index (Phi) is 9.78. The maximum atomic E-state index is 7.54. The summed E-state index contributed by atoms with van der Waals surface area (Å²) in [7, 11) is 0. The van der Waals surface area contributed by atoms with Gasteiger partial charge in [-0.1, -0.05) is 60.8 Å². The molecule has 1 fully saturated rings. The topological polar surface area (TPSA) is 114 Å². The highest BCUT2D eigenvalue weighted by Gasteiger charge is 2.29. The van der Waals surface area contributed by atoms with E-state index < -0.39 is 0 Å². The second-order valence-electron chi connectivity index (χ2n) is 7.77. The summed E-state index contributed by atoms with van der Waals surface area (Å²) < 4.78 is 5.47. The highest BCUT2D eigenvalue weighted by molar-refractivity contribution is 5.98. The molecule has 1 aromatic heterocycles. The third-order valence-corrected chi connectivity index (χ3v) is 5.42. The van der Waals surface area contributed by atoms with Gasteiger partial charge in [0.15, 0.2) is 5.96 Å². The molecule has 2 heterocycles. The molecule has 1 atom stereocenters. The number of hydrogen-bond donors (Lipinski definition) is 2. The van der Waals surface area contributed by atoms with E-state index in [1.807, 2.05) is 36.1 Å². The van der Waals surface area contributed by atoms with Gasteiger partial charge in [-0.25, -0.2) is 0 Å². The van der Waals surface area contributed by atoms with Gasteiger partial charge in [0.1, 0.15) is 6.61 Å². The van der Waals surface area contributed by atoms with Crippen LogP contribution in [0.4, 0.5) is 0 Å². The summed E-state index contributed by atoms with van der Waals surface area (Å²) in [6.07, 6.45) is 6.89. The van der Waals surface area contributed by atoms with Crippen molar-refractivity contribution in [2.75, 3.05) is 19.7 Å². The van der Waals surface area contributed by atoms with Crippen LogP contribution in [0.2, 0.25) is 0 Å². The van der Waals surface area contributed by atoms with Gasteiger partial charge in [-0.2, -0.15) is 4.98 Å². The van der Waals surface area contributed by atoms with E-state index in [-0.39, 0.29) is 24.3 Å². The van der Waals surface area contributed by atoms with Crippen molar-refractivity contribution in [1.82, 2.24) is 15.0 Å². The third kappa shape index (κ3) is 6.95. The van der Waals surface area contributed by atoms with E-state index in [2.05, 4.69) is 22.2 Å². The van der Waals surface area contributed by atoms with Gasteiger partial charge in [0.25, 0.3) is 0 Å². The SMILES string of the molecule is CCCCCCCON=C(C)c1ccc(-c2noc([C@@H]3CCN(C(=N)N)C3)n2)cc1.Cl. The Morgan fingerprint density at radius 1 is 1.26 bits per heavy atom. The van der Waals surface area contributed by atoms with Gasteiger partial charge in [0, 0.05) is 18.7 Å². The molecule has 1 saturated heterocycles. The molecular weight excluding hydrogens is 416 g/mol. The van der Waals surface area contributed by atoms with Crippen LogP contribution in [0.3, 0.4) is 0 Å². The van der Waals surface area contributed by atoms with Crippen molar-refractivity contribution >= 4 is 24.1 Å². The van der Waals surface area contributed by atoms with Crippen LogP contribution in [0.25, 0.3) is 11.4 Å². The van der Waals surface area contributed by atoms with Crippen molar-refractivity contribution in [2.45, 2.75) is 58.3 Å². The van der Waals surface area contributed by atoms with Crippen LogP contribution < -0.4 is 5.73 Å². The molecule has 3 rings (SSSR count). The first kappa shape index (κ1) is 24.7. The molecule has 1 aliphatic heterocycles. The van der Waals surface area contributed by atoms with Crippen LogP contribution >= 0.6 is 12.4 Å². The number of nitrogens with one attached hydrogen (secondary N) is 1. The Balaban J connectivity index is 0.00000341. The van der Waals surface area contributed by atoms with E-state index in [9.17, 15) is 0 Å². The predicted octanol–water partition coefficient (Wildman–Crippen LogP) is 4.55. The number of rotatable bonds is 10. The highest BCUT2D eigenvalue weighted by Crippen LogP contribution is 2.27. The van der Waals surface area contributed by atoms with Gasteiger partial charge in [0.05, 0.1) is 11.6 Å². The molecule has 0 radical (unpaired) electrons. The lowest BCUT2D eigenvalue weighted by atomic mass is 10.1. The van der Waals surface area contributed by atoms with Crippen LogP contribution in [-0.2, 0) is 4.84 Å². The van der Waals surface area contributed by atoms with Gasteiger partial charge in [-0.15, -0.1) is 12.4 Å². The second-order valence-corrected chi connectivity index (χ2v) is 7.77.